The predicted octanol–water partition coefficient (Wildman–Crippen LogP) is 2.85. The highest BCUT2D eigenvalue weighted by Crippen LogP contribution is 2.18. The van der Waals surface area contributed by atoms with E-state index in [2.05, 4.69) is 10.3 Å². The summed E-state index contributed by atoms with van der Waals surface area (Å²) in [6, 6.07) is 6.94. The van der Waals surface area contributed by atoms with Crippen LogP contribution in [0.1, 0.15) is 31.2 Å². The molecule has 0 unspecified atom stereocenters. The van der Waals surface area contributed by atoms with E-state index < -0.39 is 0 Å². The van der Waals surface area contributed by atoms with Gasteiger partial charge in [-0.1, -0.05) is 25.0 Å². The maximum absolute atomic E-state index is 13.4. The highest BCUT2D eigenvalue weighted by atomic mass is 127. The van der Waals surface area contributed by atoms with Crippen molar-refractivity contribution in [3.63, 3.8) is 0 Å². The SMILES string of the molecule is CN(C)C(=O)CN=C(NC1CCCC1)N(C)Cc1cccc(F)c1.I. The van der Waals surface area contributed by atoms with Gasteiger partial charge in [0.05, 0.1) is 0 Å². The molecule has 0 bridgehead atoms. The van der Waals surface area contributed by atoms with E-state index >= 15 is 0 Å². The van der Waals surface area contributed by atoms with Gasteiger partial charge in [-0.3, -0.25) is 4.79 Å². The number of hydrogen-bond acceptors (Lipinski definition) is 2. The molecule has 1 saturated carbocycles. The van der Waals surface area contributed by atoms with E-state index in [1.54, 1.807) is 20.2 Å². The second-order valence-electron chi connectivity index (χ2n) is 6.54. The maximum atomic E-state index is 13.4. The number of hydrogen-bond donors (Lipinski definition) is 1. The molecule has 0 radical (unpaired) electrons. The van der Waals surface area contributed by atoms with E-state index in [9.17, 15) is 9.18 Å². The zero-order valence-corrected chi connectivity index (χ0v) is 17.5. The summed E-state index contributed by atoms with van der Waals surface area (Å²) in [6.07, 6.45) is 4.67. The molecule has 1 fully saturated rings. The molecule has 140 valence electrons. The van der Waals surface area contributed by atoms with Crippen LogP contribution in [-0.4, -0.2) is 55.4 Å². The lowest BCUT2D eigenvalue weighted by Crippen LogP contribution is -2.43. The first-order chi connectivity index (χ1) is 11.5. The first-order valence-electron chi connectivity index (χ1n) is 8.42. The smallest absolute Gasteiger partial charge is 0.243 e. The Kier molecular flexibility index (Phi) is 9.16. The van der Waals surface area contributed by atoms with Crippen molar-refractivity contribution in [1.29, 1.82) is 0 Å². The second kappa shape index (κ2) is 10.6. The minimum absolute atomic E-state index is 0. The van der Waals surface area contributed by atoms with Gasteiger partial charge in [-0.25, -0.2) is 9.38 Å². The molecule has 1 N–H and O–H groups in total. The molecule has 25 heavy (non-hydrogen) atoms. The van der Waals surface area contributed by atoms with Crippen molar-refractivity contribution < 1.29 is 9.18 Å². The number of halogens is 2. The van der Waals surface area contributed by atoms with Crippen molar-refractivity contribution in [2.24, 2.45) is 4.99 Å². The van der Waals surface area contributed by atoms with Crippen molar-refractivity contribution in [3.05, 3.63) is 35.6 Å². The number of amides is 1. The molecule has 1 aliphatic rings. The lowest BCUT2D eigenvalue weighted by atomic mass is 10.2. The summed E-state index contributed by atoms with van der Waals surface area (Å²) < 4.78 is 13.4. The number of rotatable bonds is 5. The largest absolute Gasteiger partial charge is 0.353 e. The first-order valence-corrected chi connectivity index (χ1v) is 8.42. The van der Waals surface area contributed by atoms with Crippen LogP contribution in [0.3, 0.4) is 0 Å². The van der Waals surface area contributed by atoms with Gasteiger partial charge in [0.2, 0.25) is 5.91 Å². The first kappa shape index (κ1) is 21.7. The lowest BCUT2D eigenvalue weighted by Gasteiger charge is -2.25. The van der Waals surface area contributed by atoms with Gasteiger partial charge in [-0.05, 0) is 30.5 Å². The average molecular weight is 462 g/mol. The molecule has 1 aromatic carbocycles. The van der Waals surface area contributed by atoms with Crippen molar-refractivity contribution in [1.82, 2.24) is 15.1 Å². The summed E-state index contributed by atoms with van der Waals surface area (Å²) in [6.45, 7) is 0.641. The van der Waals surface area contributed by atoms with Crippen LogP contribution < -0.4 is 5.32 Å². The standard InChI is InChI=1S/C18H27FN4O.HI/c1-22(2)17(24)12-20-18(21-16-9-4-5-10-16)23(3)13-14-7-6-8-15(19)11-14;/h6-8,11,16H,4-5,9-10,12-13H2,1-3H3,(H,20,21);1H. The number of nitrogens with zero attached hydrogens (tertiary/aromatic N) is 3. The second-order valence-corrected chi connectivity index (χ2v) is 6.54. The van der Waals surface area contributed by atoms with E-state index in [0.717, 1.165) is 18.4 Å². The summed E-state index contributed by atoms with van der Waals surface area (Å²) in [5.74, 6) is 0.409. The number of carbonyl (C=O) groups excluding carboxylic acids is 1. The van der Waals surface area contributed by atoms with E-state index in [1.165, 1.54) is 29.9 Å². The van der Waals surface area contributed by atoms with Crippen LogP contribution >= 0.6 is 24.0 Å². The summed E-state index contributed by atoms with van der Waals surface area (Å²) >= 11 is 0. The highest BCUT2D eigenvalue weighted by Gasteiger charge is 2.18. The third kappa shape index (κ3) is 7.17. The molecular weight excluding hydrogens is 434 g/mol. The molecule has 2 rings (SSSR count). The highest BCUT2D eigenvalue weighted by molar-refractivity contribution is 14.0. The quantitative estimate of drug-likeness (QED) is 0.416. The van der Waals surface area contributed by atoms with Crippen LogP contribution in [0.2, 0.25) is 0 Å². The molecule has 0 aromatic heterocycles. The molecule has 1 aromatic rings. The van der Waals surface area contributed by atoms with Crippen molar-refractivity contribution in [3.8, 4) is 0 Å². The summed E-state index contributed by atoms with van der Waals surface area (Å²) in [5.41, 5.74) is 0.873. The fraction of sp³-hybridized carbons (Fsp3) is 0.556. The van der Waals surface area contributed by atoms with Gasteiger partial charge in [-0.2, -0.15) is 0 Å². The molecule has 0 atom stereocenters. The molecule has 7 heteroatoms. The number of likely N-dealkylation sites (N-methyl/N-ethyl adjacent to an activating group) is 1. The van der Waals surface area contributed by atoms with Gasteiger partial charge in [0.25, 0.3) is 0 Å². The molecule has 0 heterocycles. The normalized spacial score (nSPS) is 14.8. The summed E-state index contributed by atoms with van der Waals surface area (Å²) in [7, 11) is 5.35. The maximum Gasteiger partial charge on any atom is 0.243 e. The lowest BCUT2D eigenvalue weighted by molar-refractivity contribution is -0.127. The monoisotopic (exact) mass is 462 g/mol. The molecule has 0 aliphatic heterocycles. The Hall–Kier alpha value is -1.38. The average Bonchev–Trinajstić information content (AvgIpc) is 3.03. The Bertz CT molecular complexity index is 588. The number of nitrogens with one attached hydrogen (secondary N) is 1. The van der Waals surface area contributed by atoms with E-state index in [-0.39, 0.29) is 42.2 Å². The van der Waals surface area contributed by atoms with Crippen LogP contribution in [0.15, 0.2) is 29.3 Å². The molecule has 1 aliphatic carbocycles. The summed E-state index contributed by atoms with van der Waals surface area (Å²) in [5, 5.41) is 3.46. The van der Waals surface area contributed by atoms with Crippen LogP contribution in [0.5, 0.6) is 0 Å². The minimum atomic E-state index is -0.245. The third-order valence-electron chi connectivity index (χ3n) is 4.22. The van der Waals surface area contributed by atoms with Gasteiger partial charge in [0, 0.05) is 33.7 Å². The number of benzene rings is 1. The Morgan fingerprint density at radius 2 is 1.96 bits per heavy atom. The van der Waals surface area contributed by atoms with Gasteiger partial charge in [0.15, 0.2) is 5.96 Å². The van der Waals surface area contributed by atoms with Crippen LogP contribution in [-0.2, 0) is 11.3 Å². The fourth-order valence-corrected chi connectivity index (χ4v) is 2.80. The van der Waals surface area contributed by atoms with Crippen molar-refractivity contribution in [2.75, 3.05) is 27.7 Å². The zero-order chi connectivity index (χ0) is 17.5. The minimum Gasteiger partial charge on any atom is -0.353 e. The fourth-order valence-electron chi connectivity index (χ4n) is 2.80. The number of carbonyl (C=O) groups is 1. The van der Waals surface area contributed by atoms with Gasteiger partial charge >= 0.3 is 0 Å². The van der Waals surface area contributed by atoms with Crippen LogP contribution in [0.4, 0.5) is 4.39 Å². The number of guanidine groups is 1. The summed E-state index contributed by atoms with van der Waals surface area (Å²) in [4.78, 5) is 19.8. The van der Waals surface area contributed by atoms with E-state index in [0.29, 0.717) is 18.5 Å². The Morgan fingerprint density at radius 3 is 2.56 bits per heavy atom. The predicted molar refractivity (Wildman–Crippen MR) is 110 cm³/mol. The topological polar surface area (TPSA) is 47.9 Å². The Balaban J connectivity index is 0.00000312. The molecular formula is C18H28FIN4O. The molecule has 1 amide bonds. The van der Waals surface area contributed by atoms with E-state index in [4.69, 9.17) is 0 Å². The number of aliphatic imine (C=N–C) groups is 1. The molecule has 0 saturated heterocycles. The van der Waals surface area contributed by atoms with Gasteiger partial charge in [-0.15, -0.1) is 24.0 Å². The van der Waals surface area contributed by atoms with E-state index in [1.807, 2.05) is 18.0 Å². The Labute approximate surface area is 166 Å². The zero-order valence-electron chi connectivity index (χ0n) is 15.2. The van der Waals surface area contributed by atoms with Crippen LogP contribution in [0.25, 0.3) is 0 Å². The van der Waals surface area contributed by atoms with Crippen molar-refractivity contribution in [2.45, 2.75) is 38.3 Å². The third-order valence-corrected chi connectivity index (χ3v) is 4.22. The molecule has 5 nitrogen and oxygen atoms in total. The van der Waals surface area contributed by atoms with Crippen LogP contribution in [0, 0.1) is 5.82 Å². The Morgan fingerprint density at radius 1 is 1.28 bits per heavy atom. The van der Waals surface area contributed by atoms with Gasteiger partial charge in [0.1, 0.15) is 12.4 Å². The molecule has 0 spiro atoms. The van der Waals surface area contributed by atoms with Crippen molar-refractivity contribution >= 4 is 35.8 Å². The van der Waals surface area contributed by atoms with Gasteiger partial charge < -0.3 is 15.1 Å².